The first-order valence-corrected chi connectivity index (χ1v) is 17.8. The van der Waals surface area contributed by atoms with Gasteiger partial charge in [-0.25, -0.2) is 18.4 Å². The molecule has 2 saturated heterocycles. The van der Waals surface area contributed by atoms with Crippen LogP contribution < -0.4 is 20.4 Å². The molecule has 0 aromatic heterocycles. The Morgan fingerprint density at radius 1 is 0.667 bits per heavy atom. The Kier molecular flexibility index (Phi) is 10.9. The Labute approximate surface area is 306 Å². The average Bonchev–Trinajstić information content (AvgIpc) is 3.56. The second-order valence-corrected chi connectivity index (χ2v) is 14.4. The number of halogens is 8. The molecule has 290 valence electrons. The molecule has 2 heterocycles. The van der Waals surface area contributed by atoms with Crippen LogP contribution in [0.2, 0.25) is 0 Å². The topological polar surface area (TPSA) is 85.0 Å². The van der Waals surface area contributed by atoms with Crippen LogP contribution in [0.25, 0.3) is 0 Å². The molecule has 3 aromatic carbocycles. The van der Waals surface area contributed by atoms with E-state index in [4.69, 9.17) is 0 Å². The van der Waals surface area contributed by atoms with E-state index in [9.17, 15) is 49.5 Å². The smallest absolute Gasteiger partial charge is 0.330 e. The molecule has 2 spiro atoms. The summed E-state index contributed by atoms with van der Waals surface area (Å²) in [6.45, 7) is 0.449. The molecule has 0 atom stereocenters. The SMILES string of the molecule is O=C(CN1C(=O)N(c2ccc(C(F)(F)F)cc2)CC12CCCCC2)Nc1cc(F)cc(F)c1.O=C1NC2(CCCCC2)CN1c1ccc(C(F)(F)F)cc1. The standard InChI is InChI=1S/C23H22F5N3O2.C15H17F3N2O/c24-16-10-17(25)12-18(11-16)29-20(32)13-31-21(33)30(14-22(31)8-2-1-3-9-22)19-6-4-15(5-7-19)23(26,27)28;16-15(17,18)11-4-6-12(7-5-11)20-10-14(19-13(20)21)8-2-1-3-9-14/h4-7,10-12H,1-3,8-9,13-14H2,(H,29,32);4-7H,1-3,8-10H2,(H,19,21). The van der Waals surface area contributed by atoms with Crippen molar-refractivity contribution in [3.8, 4) is 0 Å². The summed E-state index contributed by atoms with van der Waals surface area (Å²) < 4.78 is 103. The molecular formula is C38H39F8N5O3. The van der Waals surface area contributed by atoms with E-state index < -0.39 is 52.6 Å². The van der Waals surface area contributed by atoms with Gasteiger partial charge in [-0.1, -0.05) is 38.5 Å². The minimum Gasteiger partial charge on any atom is -0.330 e. The van der Waals surface area contributed by atoms with Gasteiger partial charge in [-0.15, -0.1) is 0 Å². The Bertz CT molecular complexity index is 1820. The van der Waals surface area contributed by atoms with Gasteiger partial charge in [0.1, 0.15) is 18.2 Å². The van der Waals surface area contributed by atoms with E-state index in [1.54, 1.807) is 4.90 Å². The maximum atomic E-state index is 13.4. The van der Waals surface area contributed by atoms with Crippen LogP contribution in [-0.4, -0.2) is 53.6 Å². The van der Waals surface area contributed by atoms with Gasteiger partial charge in [0.15, 0.2) is 0 Å². The first kappa shape index (κ1) is 38.8. The fraction of sp³-hybridized carbons (Fsp3) is 0.447. The number of amides is 5. The summed E-state index contributed by atoms with van der Waals surface area (Å²) in [6, 6.07) is 11.0. The lowest BCUT2D eigenvalue weighted by Gasteiger charge is -2.39. The lowest BCUT2D eigenvalue weighted by molar-refractivity contribution is -0.138. The number of hydrogen-bond acceptors (Lipinski definition) is 3. The summed E-state index contributed by atoms with van der Waals surface area (Å²) in [5.74, 6) is -2.31. The maximum Gasteiger partial charge on any atom is 0.416 e. The van der Waals surface area contributed by atoms with Crippen LogP contribution in [0.4, 0.5) is 61.8 Å². The fourth-order valence-corrected chi connectivity index (χ4v) is 7.93. The molecule has 2 aliphatic heterocycles. The van der Waals surface area contributed by atoms with Crippen molar-refractivity contribution in [3.05, 3.63) is 89.5 Å². The number of benzene rings is 3. The molecule has 2 N–H and O–H groups in total. The summed E-state index contributed by atoms with van der Waals surface area (Å²) in [5, 5.41) is 5.44. The second kappa shape index (κ2) is 15.1. The molecule has 5 amide bonds. The zero-order valence-electron chi connectivity index (χ0n) is 29.1. The van der Waals surface area contributed by atoms with E-state index in [1.165, 1.54) is 40.5 Å². The second-order valence-electron chi connectivity index (χ2n) is 14.4. The normalized spacial score (nSPS) is 19.5. The highest BCUT2D eigenvalue weighted by Gasteiger charge is 2.51. The molecule has 2 aliphatic carbocycles. The van der Waals surface area contributed by atoms with Crippen molar-refractivity contribution >= 4 is 35.0 Å². The van der Waals surface area contributed by atoms with E-state index in [2.05, 4.69) is 10.6 Å². The van der Waals surface area contributed by atoms with Crippen LogP contribution in [0.15, 0.2) is 66.7 Å². The molecule has 0 bridgehead atoms. The summed E-state index contributed by atoms with van der Waals surface area (Å²) in [5.41, 5.74) is -1.58. The Hall–Kier alpha value is -4.89. The molecule has 16 heteroatoms. The van der Waals surface area contributed by atoms with Gasteiger partial charge >= 0.3 is 24.4 Å². The highest BCUT2D eigenvalue weighted by molar-refractivity contribution is 6.00. The minimum atomic E-state index is -4.49. The van der Waals surface area contributed by atoms with E-state index in [0.717, 1.165) is 81.3 Å². The van der Waals surface area contributed by atoms with Crippen molar-refractivity contribution in [2.45, 2.75) is 87.6 Å². The van der Waals surface area contributed by atoms with E-state index in [-0.39, 0.29) is 30.3 Å². The highest BCUT2D eigenvalue weighted by atomic mass is 19.4. The number of urea groups is 2. The van der Waals surface area contributed by atoms with Crippen molar-refractivity contribution in [3.63, 3.8) is 0 Å². The number of nitrogens with zero attached hydrogens (tertiary/aromatic N) is 3. The molecule has 0 unspecified atom stereocenters. The molecule has 0 radical (unpaired) electrons. The quantitative estimate of drug-likeness (QED) is 0.254. The van der Waals surface area contributed by atoms with Crippen LogP contribution in [0, 0.1) is 11.6 Å². The van der Waals surface area contributed by atoms with Crippen molar-refractivity contribution < 1.29 is 49.5 Å². The zero-order valence-corrected chi connectivity index (χ0v) is 29.1. The van der Waals surface area contributed by atoms with Crippen LogP contribution in [0.3, 0.4) is 0 Å². The molecule has 4 fully saturated rings. The van der Waals surface area contributed by atoms with Gasteiger partial charge in [0.05, 0.1) is 35.3 Å². The third-order valence-corrected chi connectivity index (χ3v) is 10.6. The van der Waals surface area contributed by atoms with Crippen LogP contribution >= 0.6 is 0 Å². The number of nitrogens with one attached hydrogen (secondary N) is 2. The van der Waals surface area contributed by atoms with Gasteiger partial charge in [0, 0.05) is 23.1 Å². The Morgan fingerprint density at radius 3 is 1.65 bits per heavy atom. The number of rotatable bonds is 5. The van der Waals surface area contributed by atoms with Gasteiger partial charge < -0.3 is 15.5 Å². The summed E-state index contributed by atoms with van der Waals surface area (Å²) in [6.07, 6.45) is 0.373. The third-order valence-electron chi connectivity index (χ3n) is 10.6. The number of carbonyl (C=O) groups is 3. The Morgan fingerprint density at radius 2 is 1.15 bits per heavy atom. The predicted octanol–water partition coefficient (Wildman–Crippen LogP) is 9.51. The molecule has 2 saturated carbocycles. The van der Waals surface area contributed by atoms with Gasteiger partial charge in [-0.05, 0) is 86.3 Å². The van der Waals surface area contributed by atoms with Gasteiger partial charge in [0.2, 0.25) is 5.91 Å². The van der Waals surface area contributed by atoms with Gasteiger partial charge in [-0.2, -0.15) is 26.3 Å². The Balaban J connectivity index is 0.000000203. The first-order chi connectivity index (χ1) is 25.5. The maximum absolute atomic E-state index is 13.4. The van der Waals surface area contributed by atoms with Crippen LogP contribution in [0.5, 0.6) is 0 Å². The van der Waals surface area contributed by atoms with Crippen LogP contribution in [0.1, 0.15) is 75.3 Å². The van der Waals surface area contributed by atoms with Crippen molar-refractivity contribution in [1.82, 2.24) is 10.2 Å². The first-order valence-electron chi connectivity index (χ1n) is 17.8. The summed E-state index contributed by atoms with van der Waals surface area (Å²) in [4.78, 5) is 42.5. The van der Waals surface area contributed by atoms with E-state index in [1.807, 2.05) is 0 Å². The lowest BCUT2D eigenvalue weighted by atomic mass is 9.81. The molecule has 8 nitrogen and oxygen atoms in total. The number of anilines is 3. The predicted molar refractivity (Wildman–Crippen MR) is 185 cm³/mol. The van der Waals surface area contributed by atoms with Gasteiger partial charge in [-0.3, -0.25) is 14.6 Å². The summed E-state index contributed by atoms with van der Waals surface area (Å²) in [7, 11) is 0. The molecular weight excluding hydrogens is 726 g/mol. The number of alkyl halides is 6. The van der Waals surface area contributed by atoms with E-state index in [0.29, 0.717) is 36.8 Å². The average molecular weight is 766 g/mol. The van der Waals surface area contributed by atoms with Crippen LogP contribution in [-0.2, 0) is 17.1 Å². The minimum absolute atomic E-state index is 0.0681. The highest BCUT2D eigenvalue weighted by Crippen LogP contribution is 2.42. The van der Waals surface area contributed by atoms with Crippen molar-refractivity contribution in [2.24, 2.45) is 0 Å². The van der Waals surface area contributed by atoms with Crippen molar-refractivity contribution in [1.29, 1.82) is 0 Å². The molecule has 4 aliphatic rings. The molecule has 54 heavy (non-hydrogen) atoms. The van der Waals surface area contributed by atoms with E-state index >= 15 is 0 Å². The zero-order chi connectivity index (χ0) is 38.9. The molecule has 7 rings (SSSR count). The largest absolute Gasteiger partial charge is 0.416 e. The molecule has 3 aromatic rings. The number of hydrogen-bond donors (Lipinski definition) is 2. The fourth-order valence-electron chi connectivity index (χ4n) is 7.93. The third kappa shape index (κ3) is 8.57. The van der Waals surface area contributed by atoms with Gasteiger partial charge in [0.25, 0.3) is 0 Å². The number of carbonyl (C=O) groups excluding carboxylic acids is 3. The lowest BCUT2D eigenvalue weighted by Crippen LogP contribution is -2.51. The van der Waals surface area contributed by atoms with Crippen molar-refractivity contribution in [2.75, 3.05) is 34.8 Å². The monoisotopic (exact) mass is 765 g/mol. The summed E-state index contributed by atoms with van der Waals surface area (Å²) >= 11 is 0.